The Balaban J connectivity index is 1.44. The van der Waals surface area contributed by atoms with E-state index in [2.05, 4.69) is 17.4 Å². The Morgan fingerprint density at radius 1 is 1.05 bits per heavy atom. The van der Waals surface area contributed by atoms with E-state index in [1.165, 1.54) is 37.7 Å². The second kappa shape index (κ2) is 5.82. The largest absolute Gasteiger partial charge is 0.381 e. The first-order valence-electron chi connectivity index (χ1n) is 7.29. The van der Waals surface area contributed by atoms with Gasteiger partial charge in [0.2, 0.25) is 0 Å². The number of nitrogens with one attached hydrogen (secondary N) is 1. The molecule has 0 saturated heterocycles. The number of halogens is 1. The van der Waals surface area contributed by atoms with Crippen LogP contribution < -0.4 is 5.32 Å². The Morgan fingerprint density at radius 3 is 2.42 bits per heavy atom. The predicted octanol–water partition coefficient (Wildman–Crippen LogP) is 3.74. The van der Waals surface area contributed by atoms with Gasteiger partial charge in [-0.3, -0.25) is 0 Å². The Morgan fingerprint density at radius 2 is 1.79 bits per heavy atom. The Hall–Kier alpha value is -0.570. The molecule has 1 aromatic carbocycles. The number of ether oxygens (including phenoxy) is 1. The molecule has 0 radical (unpaired) electrons. The molecule has 0 heterocycles. The Bertz CT molecular complexity index is 413. The quantitative estimate of drug-likeness (QED) is 0.906. The zero-order chi connectivity index (χ0) is 13.2. The van der Waals surface area contributed by atoms with E-state index in [-0.39, 0.29) is 0 Å². The molecule has 2 fully saturated rings. The number of rotatable bonds is 4. The van der Waals surface area contributed by atoms with Gasteiger partial charge in [0.25, 0.3) is 0 Å². The molecule has 2 aliphatic carbocycles. The van der Waals surface area contributed by atoms with Crippen LogP contribution in [0.2, 0.25) is 5.02 Å². The maximum atomic E-state index is 5.92. The molecule has 0 spiro atoms. The van der Waals surface area contributed by atoms with E-state index < -0.39 is 0 Å². The molecule has 104 valence electrons. The van der Waals surface area contributed by atoms with Gasteiger partial charge in [-0.2, -0.15) is 0 Å². The molecule has 2 nitrogen and oxygen atoms in total. The molecular formula is C16H22ClNO. The number of benzene rings is 1. The fourth-order valence-corrected chi connectivity index (χ4v) is 3.53. The average Bonchev–Trinajstić information content (AvgIpc) is 2.82. The highest BCUT2D eigenvalue weighted by Crippen LogP contribution is 2.38. The molecule has 0 bridgehead atoms. The van der Waals surface area contributed by atoms with Crippen molar-refractivity contribution in [3.8, 4) is 0 Å². The predicted molar refractivity (Wildman–Crippen MR) is 78.8 cm³/mol. The van der Waals surface area contributed by atoms with Crippen molar-refractivity contribution in [3.05, 3.63) is 34.9 Å². The smallest absolute Gasteiger partial charge is 0.0586 e. The van der Waals surface area contributed by atoms with Crippen LogP contribution in [0.4, 0.5) is 0 Å². The van der Waals surface area contributed by atoms with Crippen molar-refractivity contribution in [1.82, 2.24) is 5.32 Å². The van der Waals surface area contributed by atoms with Crippen molar-refractivity contribution < 1.29 is 4.74 Å². The summed E-state index contributed by atoms with van der Waals surface area (Å²) in [7, 11) is 1.83. The molecule has 3 heteroatoms. The van der Waals surface area contributed by atoms with Crippen molar-refractivity contribution in [3.63, 3.8) is 0 Å². The lowest BCUT2D eigenvalue weighted by atomic mass is 9.75. The van der Waals surface area contributed by atoms with Crippen LogP contribution in [0.1, 0.15) is 43.6 Å². The van der Waals surface area contributed by atoms with Gasteiger partial charge in [0, 0.05) is 24.2 Å². The molecule has 1 N–H and O–H groups in total. The lowest BCUT2D eigenvalue weighted by Gasteiger charge is -2.38. The summed E-state index contributed by atoms with van der Waals surface area (Å²) in [6, 6.07) is 9.69. The van der Waals surface area contributed by atoms with E-state index >= 15 is 0 Å². The maximum Gasteiger partial charge on any atom is 0.0586 e. The van der Waals surface area contributed by atoms with Crippen molar-refractivity contribution >= 4 is 11.6 Å². The molecule has 2 unspecified atom stereocenters. The lowest BCUT2D eigenvalue weighted by Crippen LogP contribution is -2.44. The summed E-state index contributed by atoms with van der Waals surface area (Å²) in [5.41, 5.74) is 1.43. The molecule has 3 rings (SSSR count). The SMILES string of the molecule is COC1CCC(NC2CC(c3ccc(Cl)cc3)C2)C1. The normalized spacial score (nSPS) is 34.2. The third-order valence-corrected chi connectivity index (χ3v) is 4.92. The summed E-state index contributed by atoms with van der Waals surface area (Å²) < 4.78 is 5.42. The fraction of sp³-hybridized carbons (Fsp3) is 0.625. The van der Waals surface area contributed by atoms with Gasteiger partial charge >= 0.3 is 0 Å². The zero-order valence-electron chi connectivity index (χ0n) is 11.4. The van der Waals surface area contributed by atoms with E-state index in [9.17, 15) is 0 Å². The van der Waals surface area contributed by atoms with Crippen molar-refractivity contribution in [1.29, 1.82) is 0 Å². The van der Waals surface area contributed by atoms with Gasteiger partial charge in [0.1, 0.15) is 0 Å². The number of hydrogen-bond acceptors (Lipinski definition) is 2. The number of hydrogen-bond donors (Lipinski definition) is 1. The molecule has 1 aromatic rings. The average molecular weight is 280 g/mol. The highest BCUT2D eigenvalue weighted by Gasteiger charge is 2.33. The first kappa shape index (κ1) is 13.4. The molecule has 0 aliphatic heterocycles. The monoisotopic (exact) mass is 279 g/mol. The fourth-order valence-electron chi connectivity index (χ4n) is 3.40. The van der Waals surface area contributed by atoms with E-state index in [0.717, 1.165) is 10.9 Å². The van der Waals surface area contributed by atoms with Gasteiger partial charge in [-0.15, -0.1) is 0 Å². The minimum atomic E-state index is 0.477. The third kappa shape index (κ3) is 3.13. The van der Waals surface area contributed by atoms with Gasteiger partial charge in [-0.1, -0.05) is 23.7 Å². The summed E-state index contributed by atoms with van der Waals surface area (Å²) >= 11 is 5.92. The highest BCUT2D eigenvalue weighted by molar-refractivity contribution is 6.30. The second-order valence-electron chi connectivity index (χ2n) is 5.95. The van der Waals surface area contributed by atoms with Crippen LogP contribution in [0.3, 0.4) is 0 Å². The summed E-state index contributed by atoms with van der Waals surface area (Å²) in [5, 5.41) is 4.61. The van der Waals surface area contributed by atoms with Crippen molar-refractivity contribution in [2.45, 2.75) is 56.2 Å². The first-order chi connectivity index (χ1) is 9.24. The van der Waals surface area contributed by atoms with Gasteiger partial charge in [-0.05, 0) is 55.7 Å². The first-order valence-corrected chi connectivity index (χ1v) is 7.66. The summed E-state index contributed by atoms with van der Waals surface area (Å²) in [6.45, 7) is 0. The van der Waals surface area contributed by atoms with Crippen LogP contribution in [0.5, 0.6) is 0 Å². The maximum absolute atomic E-state index is 5.92. The van der Waals surface area contributed by atoms with Crippen LogP contribution in [0.25, 0.3) is 0 Å². The van der Waals surface area contributed by atoms with Crippen LogP contribution >= 0.6 is 11.6 Å². The third-order valence-electron chi connectivity index (χ3n) is 4.67. The van der Waals surface area contributed by atoms with Crippen molar-refractivity contribution in [2.75, 3.05) is 7.11 Å². The van der Waals surface area contributed by atoms with Crippen LogP contribution in [-0.2, 0) is 4.74 Å². The van der Waals surface area contributed by atoms with E-state index in [0.29, 0.717) is 18.2 Å². The van der Waals surface area contributed by atoms with Gasteiger partial charge in [0.05, 0.1) is 6.10 Å². The highest BCUT2D eigenvalue weighted by atomic mass is 35.5. The van der Waals surface area contributed by atoms with Crippen LogP contribution in [0.15, 0.2) is 24.3 Å². The standard InChI is InChI=1S/C16H22ClNO/c1-19-16-7-6-14(10-16)18-15-8-12(9-15)11-2-4-13(17)5-3-11/h2-5,12,14-16,18H,6-10H2,1H3. The molecular weight excluding hydrogens is 258 g/mol. The van der Waals surface area contributed by atoms with Crippen LogP contribution in [0, 0.1) is 0 Å². The summed E-state index contributed by atoms with van der Waals surface area (Å²) in [6.07, 6.45) is 6.65. The molecule has 0 aromatic heterocycles. The Labute approximate surface area is 120 Å². The lowest BCUT2D eigenvalue weighted by molar-refractivity contribution is 0.105. The second-order valence-corrected chi connectivity index (χ2v) is 6.39. The topological polar surface area (TPSA) is 21.3 Å². The summed E-state index contributed by atoms with van der Waals surface area (Å²) in [5.74, 6) is 0.717. The van der Waals surface area contributed by atoms with Crippen molar-refractivity contribution in [2.24, 2.45) is 0 Å². The molecule has 0 amide bonds. The van der Waals surface area contributed by atoms with Gasteiger partial charge in [-0.25, -0.2) is 0 Å². The molecule has 2 atom stereocenters. The van der Waals surface area contributed by atoms with E-state index in [1.807, 2.05) is 19.2 Å². The molecule has 2 saturated carbocycles. The molecule has 19 heavy (non-hydrogen) atoms. The van der Waals surface area contributed by atoms with E-state index in [4.69, 9.17) is 16.3 Å². The summed E-state index contributed by atoms with van der Waals surface area (Å²) in [4.78, 5) is 0. The minimum absolute atomic E-state index is 0.477. The Kier molecular flexibility index (Phi) is 4.11. The number of methoxy groups -OCH3 is 1. The zero-order valence-corrected chi connectivity index (χ0v) is 12.2. The van der Waals surface area contributed by atoms with Crippen LogP contribution in [-0.4, -0.2) is 25.3 Å². The van der Waals surface area contributed by atoms with E-state index in [1.54, 1.807) is 0 Å². The molecule has 2 aliphatic rings. The van der Waals surface area contributed by atoms with Gasteiger partial charge < -0.3 is 10.1 Å². The van der Waals surface area contributed by atoms with Gasteiger partial charge in [0.15, 0.2) is 0 Å². The minimum Gasteiger partial charge on any atom is -0.381 e.